The molecule has 4 heteroatoms. The first-order valence-electron chi connectivity index (χ1n) is 4.73. The summed E-state index contributed by atoms with van der Waals surface area (Å²) in [5, 5.41) is 11.7. The lowest BCUT2D eigenvalue weighted by Crippen LogP contribution is -2.31. The highest BCUT2D eigenvalue weighted by molar-refractivity contribution is 14.1. The zero-order chi connectivity index (χ0) is 11.4. The minimum absolute atomic E-state index is 0.135. The van der Waals surface area contributed by atoms with E-state index < -0.39 is 6.10 Å². The van der Waals surface area contributed by atoms with Crippen molar-refractivity contribution >= 4 is 28.5 Å². The van der Waals surface area contributed by atoms with Crippen molar-refractivity contribution in [2.24, 2.45) is 0 Å². The fraction of sp³-hybridized carbons (Fsp3) is 0.364. The lowest BCUT2D eigenvalue weighted by atomic mass is 10.1. The smallest absolute Gasteiger partial charge is 0.252 e. The Hall–Kier alpha value is -0.620. The van der Waals surface area contributed by atoms with Crippen LogP contribution >= 0.6 is 22.6 Å². The zero-order valence-corrected chi connectivity index (χ0v) is 10.9. The predicted octanol–water partition coefficient (Wildman–Crippen LogP) is 1.71. The molecule has 0 unspecified atom stereocenters. The van der Waals surface area contributed by atoms with Crippen LogP contribution in [-0.4, -0.2) is 23.7 Å². The topological polar surface area (TPSA) is 49.3 Å². The first-order valence-corrected chi connectivity index (χ1v) is 5.81. The van der Waals surface area contributed by atoms with Gasteiger partial charge in [-0.3, -0.25) is 4.79 Å². The summed E-state index contributed by atoms with van der Waals surface area (Å²) < 4.78 is 0.957. The Kier molecular flexibility index (Phi) is 4.53. The Bertz CT molecular complexity index is 364. The Morgan fingerprint density at radius 3 is 2.87 bits per heavy atom. The number of carbonyl (C=O) groups is 1. The molecule has 0 aliphatic carbocycles. The van der Waals surface area contributed by atoms with E-state index in [0.29, 0.717) is 5.56 Å². The molecule has 0 heterocycles. The summed E-state index contributed by atoms with van der Waals surface area (Å²) in [4.78, 5) is 11.7. The molecule has 0 saturated heterocycles. The van der Waals surface area contributed by atoms with Gasteiger partial charge in [-0.05, 0) is 48.1 Å². The molecule has 1 rings (SSSR count). The van der Waals surface area contributed by atoms with E-state index in [0.717, 1.165) is 9.13 Å². The van der Waals surface area contributed by atoms with Crippen LogP contribution in [0.25, 0.3) is 0 Å². The van der Waals surface area contributed by atoms with Crippen LogP contribution in [0, 0.1) is 10.5 Å². The molecule has 82 valence electrons. The van der Waals surface area contributed by atoms with Crippen LogP contribution in [-0.2, 0) is 0 Å². The maximum absolute atomic E-state index is 11.7. The van der Waals surface area contributed by atoms with E-state index in [-0.39, 0.29) is 12.5 Å². The summed E-state index contributed by atoms with van der Waals surface area (Å²) in [5.74, 6) is -0.135. The van der Waals surface area contributed by atoms with Gasteiger partial charge in [0.15, 0.2) is 0 Å². The zero-order valence-electron chi connectivity index (χ0n) is 8.75. The lowest BCUT2D eigenvalue weighted by molar-refractivity contribution is 0.0923. The van der Waals surface area contributed by atoms with Crippen LogP contribution in [0.5, 0.6) is 0 Å². The Labute approximate surface area is 103 Å². The van der Waals surface area contributed by atoms with E-state index in [1.54, 1.807) is 13.0 Å². The molecule has 0 aromatic heterocycles. The predicted molar refractivity (Wildman–Crippen MR) is 67.9 cm³/mol. The van der Waals surface area contributed by atoms with Crippen LogP contribution in [0.2, 0.25) is 0 Å². The number of nitrogens with one attached hydrogen (secondary N) is 1. The van der Waals surface area contributed by atoms with Crippen molar-refractivity contribution in [1.82, 2.24) is 5.32 Å². The molecule has 0 aliphatic rings. The van der Waals surface area contributed by atoms with E-state index in [2.05, 4.69) is 27.9 Å². The van der Waals surface area contributed by atoms with Gasteiger partial charge in [-0.25, -0.2) is 0 Å². The molecule has 0 radical (unpaired) electrons. The summed E-state index contributed by atoms with van der Waals surface area (Å²) >= 11 is 2.15. The standard InChI is InChI=1S/C11H14INO2/c1-7-4-3-5-9(10(7)12)11(15)13-6-8(2)14/h3-5,8,14H,6H2,1-2H3,(H,13,15)/t8-/m1/s1. The first-order chi connectivity index (χ1) is 7.02. The average molecular weight is 319 g/mol. The van der Waals surface area contributed by atoms with Crippen molar-refractivity contribution in [2.45, 2.75) is 20.0 Å². The average Bonchev–Trinajstić information content (AvgIpc) is 2.18. The third-order valence-corrected chi connectivity index (χ3v) is 3.43. The molecule has 1 atom stereocenters. The maximum atomic E-state index is 11.7. The molecule has 0 fully saturated rings. The van der Waals surface area contributed by atoms with Gasteiger partial charge in [0.1, 0.15) is 0 Å². The Morgan fingerprint density at radius 2 is 2.27 bits per heavy atom. The minimum Gasteiger partial charge on any atom is -0.392 e. The fourth-order valence-electron chi connectivity index (χ4n) is 1.16. The third-order valence-electron chi connectivity index (χ3n) is 1.99. The second kappa shape index (κ2) is 5.46. The number of hydrogen-bond acceptors (Lipinski definition) is 2. The number of aliphatic hydroxyl groups is 1. The number of aryl methyl sites for hydroxylation is 1. The highest BCUT2D eigenvalue weighted by Gasteiger charge is 2.10. The highest BCUT2D eigenvalue weighted by atomic mass is 127. The van der Waals surface area contributed by atoms with Crippen LogP contribution in [0.15, 0.2) is 18.2 Å². The van der Waals surface area contributed by atoms with Crippen molar-refractivity contribution in [3.8, 4) is 0 Å². The van der Waals surface area contributed by atoms with Crippen molar-refractivity contribution in [3.63, 3.8) is 0 Å². The van der Waals surface area contributed by atoms with Gasteiger partial charge in [0.05, 0.1) is 11.7 Å². The molecule has 1 aromatic rings. The number of carbonyl (C=O) groups excluding carboxylic acids is 1. The quantitative estimate of drug-likeness (QED) is 0.834. The summed E-state index contributed by atoms with van der Waals surface area (Å²) in [6, 6.07) is 5.61. The lowest BCUT2D eigenvalue weighted by Gasteiger charge is -2.09. The summed E-state index contributed by atoms with van der Waals surface area (Å²) in [5.41, 5.74) is 1.75. The van der Waals surface area contributed by atoms with E-state index in [1.807, 2.05) is 19.1 Å². The molecular weight excluding hydrogens is 305 g/mol. The minimum atomic E-state index is -0.517. The summed E-state index contributed by atoms with van der Waals surface area (Å²) in [6.07, 6.45) is -0.517. The molecule has 0 saturated carbocycles. The molecule has 1 aromatic carbocycles. The van der Waals surface area contributed by atoms with Crippen molar-refractivity contribution in [3.05, 3.63) is 32.9 Å². The van der Waals surface area contributed by atoms with Crippen LogP contribution in [0.3, 0.4) is 0 Å². The SMILES string of the molecule is Cc1cccc(C(=O)NC[C@@H](C)O)c1I. The third kappa shape index (κ3) is 3.46. The summed E-state index contributed by atoms with van der Waals surface area (Å²) in [6.45, 7) is 3.89. The van der Waals surface area contributed by atoms with E-state index in [9.17, 15) is 4.79 Å². The molecule has 0 spiro atoms. The monoisotopic (exact) mass is 319 g/mol. The van der Waals surface area contributed by atoms with Crippen LogP contribution < -0.4 is 5.32 Å². The van der Waals surface area contributed by atoms with Crippen LogP contribution in [0.1, 0.15) is 22.8 Å². The molecule has 1 amide bonds. The number of amides is 1. The van der Waals surface area contributed by atoms with Gasteiger partial charge >= 0.3 is 0 Å². The van der Waals surface area contributed by atoms with Gasteiger partial charge in [0, 0.05) is 10.1 Å². The number of aliphatic hydroxyl groups excluding tert-OH is 1. The van der Waals surface area contributed by atoms with E-state index in [4.69, 9.17) is 5.11 Å². The van der Waals surface area contributed by atoms with E-state index in [1.165, 1.54) is 0 Å². The number of rotatable bonds is 3. The first kappa shape index (κ1) is 12.4. The van der Waals surface area contributed by atoms with Gasteiger partial charge in [-0.15, -0.1) is 0 Å². The van der Waals surface area contributed by atoms with Crippen molar-refractivity contribution in [1.29, 1.82) is 0 Å². The maximum Gasteiger partial charge on any atom is 0.252 e. The molecule has 3 nitrogen and oxygen atoms in total. The van der Waals surface area contributed by atoms with Crippen molar-refractivity contribution in [2.75, 3.05) is 6.54 Å². The largest absolute Gasteiger partial charge is 0.392 e. The molecular formula is C11H14INO2. The van der Waals surface area contributed by atoms with Gasteiger partial charge in [-0.2, -0.15) is 0 Å². The Balaban J connectivity index is 2.78. The molecule has 2 N–H and O–H groups in total. The number of halogens is 1. The van der Waals surface area contributed by atoms with Crippen molar-refractivity contribution < 1.29 is 9.90 Å². The Morgan fingerprint density at radius 1 is 1.60 bits per heavy atom. The molecule has 15 heavy (non-hydrogen) atoms. The molecule has 0 aliphatic heterocycles. The normalized spacial score (nSPS) is 12.3. The number of hydrogen-bond donors (Lipinski definition) is 2. The summed E-state index contributed by atoms with van der Waals surface area (Å²) in [7, 11) is 0. The van der Waals surface area contributed by atoms with Gasteiger partial charge in [-0.1, -0.05) is 12.1 Å². The fourth-order valence-corrected chi connectivity index (χ4v) is 1.76. The highest BCUT2D eigenvalue weighted by Crippen LogP contribution is 2.16. The van der Waals surface area contributed by atoms with Gasteiger partial charge in [0.25, 0.3) is 5.91 Å². The number of benzene rings is 1. The van der Waals surface area contributed by atoms with Gasteiger partial charge in [0.2, 0.25) is 0 Å². The molecule has 0 bridgehead atoms. The van der Waals surface area contributed by atoms with Crippen LogP contribution in [0.4, 0.5) is 0 Å². The van der Waals surface area contributed by atoms with Gasteiger partial charge < -0.3 is 10.4 Å². The second-order valence-corrected chi connectivity index (χ2v) is 4.57. The van der Waals surface area contributed by atoms with E-state index >= 15 is 0 Å². The second-order valence-electron chi connectivity index (χ2n) is 3.50.